The van der Waals surface area contributed by atoms with Gasteiger partial charge in [0.15, 0.2) is 18.2 Å². The third-order valence-corrected chi connectivity index (χ3v) is 3.33. The van der Waals surface area contributed by atoms with Gasteiger partial charge < -0.3 is 9.47 Å². The minimum atomic E-state index is -0.579. The quantitative estimate of drug-likeness (QED) is 0.443. The molecule has 0 radical (unpaired) electrons. The predicted octanol–water partition coefficient (Wildman–Crippen LogP) is 3.47. The van der Waals surface area contributed by atoms with E-state index in [1.54, 1.807) is 49.4 Å². The van der Waals surface area contributed by atoms with Gasteiger partial charge >= 0.3 is 5.97 Å². The molecule has 2 rings (SSSR count). The van der Waals surface area contributed by atoms with Gasteiger partial charge in [0.05, 0.1) is 0 Å². The van der Waals surface area contributed by atoms with E-state index in [1.807, 2.05) is 0 Å². The molecule has 0 saturated carbocycles. The third-order valence-electron chi connectivity index (χ3n) is 3.33. The van der Waals surface area contributed by atoms with Crippen molar-refractivity contribution in [2.45, 2.75) is 20.3 Å². The van der Waals surface area contributed by atoms with Crippen LogP contribution >= 0.6 is 0 Å². The summed E-state index contributed by atoms with van der Waals surface area (Å²) >= 11 is 0. The van der Waals surface area contributed by atoms with Crippen molar-refractivity contribution in [2.24, 2.45) is 0 Å². The molecule has 5 heteroatoms. The maximum Gasteiger partial charge on any atom is 0.349 e. The van der Waals surface area contributed by atoms with E-state index in [9.17, 15) is 14.4 Å². The normalized spacial score (nSPS) is 10.1. The Hall–Kier alpha value is -2.95. The zero-order chi connectivity index (χ0) is 17.5. The highest BCUT2D eigenvalue weighted by Gasteiger charge is 2.09. The van der Waals surface area contributed by atoms with E-state index in [-0.39, 0.29) is 18.2 Å². The van der Waals surface area contributed by atoms with Crippen LogP contribution in [0.1, 0.15) is 41.0 Å². The van der Waals surface area contributed by atoms with Crippen molar-refractivity contribution in [3.05, 3.63) is 59.7 Å². The fraction of sp³-hybridized carbons (Fsp3) is 0.211. The Morgan fingerprint density at radius 2 is 1.62 bits per heavy atom. The number of esters is 1. The van der Waals surface area contributed by atoms with Gasteiger partial charge in [0.25, 0.3) is 0 Å². The topological polar surface area (TPSA) is 69.7 Å². The minimum Gasteiger partial charge on any atom is -0.482 e. The molecule has 0 aliphatic rings. The van der Waals surface area contributed by atoms with Crippen LogP contribution < -0.4 is 9.47 Å². The van der Waals surface area contributed by atoms with Gasteiger partial charge in [0, 0.05) is 17.5 Å². The van der Waals surface area contributed by atoms with Crippen molar-refractivity contribution in [1.29, 1.82) is 0 Å². The third kappa shape index (κ3) is 4.78. The zero-order valence-electron chi connectivity index (χ0n) is 13.6. The molecule has 0 atom stereocenters. The molecule has 124 valence electrons. The van der Waals surface area contributed by atoms with E-state index < -0.39 is 5.97 Å². The summed E-state index contributed by atoms with van der Waals surface area (Å²) in [5.41, 5.74) is 1.07. The van der Waals surface area contributed by atoms with Crippen molar-refractivity contribution < 1.29 is 23.9 Å². The first-order valence-corrected chi connectivity index (χ1v) is 7.57. The molecule has 0 amide bonds. The Kier molecular flexibility index (Phi) is 5.84. The molecule has 0 unspecified atom stereocenters. The number of hydrogen-bond acceptors (Lipinski definition) is 5. The van der Waals surface area contributed by atoms with Crippen LogP contribution in [0.5, 0.6) is 11.5 Å². The van der Waals surface area contributed by atoms with Crippen LogP contribution in [0.4, 0.5) is 0 Å². The fourth-order valence-electron chi connectivity index (χ4n) is 2.02. The summed E-state index contributed by atoms with van der Waals surface area (Å²) in [6, 6.07) is 13.0. The minimum absolute atomic E-state index is 0.0475. The summed E-state index contributed by atoms with van der Waals surface area (Å²) in [7, 11) is 0. The van der Waals surface area contributed by atoms with Crippen molar-refractivity contribution in [1.82, 2.24) is 0 Å². The lowest BCUT2D eigenvalue weighted by atomic mass is 10.1. The Labute approximate surface area is 140 Å². The first-order valence-electron chi connectivity index (χ1n) is 7.57. The molecular formula is C19H18O5. The Morgan fingerprint density at radius 1 is 0.917 bits per heavy atom. The highest BCUT2D eigenvalue weighted by Crippen LogP contribution is 2.16. The lowest BCUT2D eigenvalue weighted by Crippen LogP contribution is -2.17. The average molecular weight is 326 g/mol. The number of ether oxygens (including phenoxy) is 2. The SMILES string of the molecule is CCC(=O)c1ccc(OCC(=O)Oc2cccc(C(C)=O)c2)cc1. The summed E-state index contributed by atoms with van der Waals surface area (Å²) in [6.07, 6.45) is 0.436. The molecule has 0 spiro atoms. The molecule has 0 aromatic heterocycles. The summed E-state index contributed by atoms with van der Waals surface area (Å²) in [4.78, 5) is 34.6. The number of carbonyl (C=O) groups is 3. The molecule has 0 fully saturated rings. The maximum atomic E-state index is 11.8. The van der Waals surface area contributed by atoms with Crippen LogP contribution in [-0.4, -0.2) is 24.1 Å². The molecule has 24 heavy (non-hydrogen) atoms. The molecule has 2 aromatic carbocycles. The molecular weight excluding hydrogens is 308 g/mol. The first kappa shape index (κ1) is 17.4. The number of ketones is 2. The Bertz CT molecular complexity index is 747. The molecule has 0 heterocycles. The van der Waals surface area contributed by atoms with Crippen molar-refractivity contribution >= 4 is 17.5 Å². The van der Waals surface area contributed by atoms with Gasteiger partial charge in [-0.15, -0.1) is 0 Å². The van der Waals surface area contributed by atoms with E-state index in [4.69, 9.17) is 9.47 Å². The van der Waals surface area contributed by atoms with Crippen molar-refractivity contribution in [3.63, 3.8) is 0 Å². The van der Waals surface area contributed by atoms with Gasteiger partial charge in [-0.05, 0) is 43.3 Å². The molecule has 0 N–H and O–H groups in total. The number of benzene rings is 2. The van der Waals surface area contributed by atoms with E-state index in [0.29, 0.717) is 29.0 Å². The van der Waals surface area contributed by atoms with Gasteiger partial charge in [-0.1, -0.05) is 19.1 Å². The van der Waals surface area contributed by atoms with Gasteiger partial charge in [0.1, 0.15) is 11.5 Å². The molecule has 2 aromatic rings. The average Bonchev–Trinajstić information content (AvgIpc) is 2.60. The standard InChI is InChI=1S/C19H18O5/c1-3-18(21)14-7-9-16(10-8-14)23-12-19(22)24-17-6-4-5-15(11-17)13(2)20/h4-11H,3,12H2,1-2H3. The van der Waals surface area contributed by atoms with Gasteiger partial charge in [-0.3, -0.25) is 9.59 Å². The van der Waals surface area contributed by atoms with Crippen LogP contribution in [0.15, 0.2) is 48.5 Å². The molecule has 5 nitrogen and oxygen atoms in total. The van der Waals surface area contributed by atoms with Gasteiger partial charge in [0.2, 0.25) is 0 Å². The second-order valence-electron chi connectivity index (χ2n) is 5.15. The van der Waals surface area contributed by atoms with Crippen LogP contribution in [-0.2, 0) is 4.79 Å². The molecule has 0 aliphatic carbocycles. The van der Waals surface area contributed by atoms with Crippen molar-refractivity contribution in [2.75, 3.05) is 6.61 Å². The second kappa shape index (κ2) is 8.06. The van der Waals surface area contributed by atoms with Crippen molar-refractivity contribution in [3.8, 4) is 11.5 Å². The number of hydrogen-bond donors (Lipinski definition) is 0. The second-order valence-corrected chi connectivity index (χ2v) is 5.15. The van der Waals surface area contributed by atoms with E-state index in [0.717, 1.165) is 0 Å². The zero-order valence-corrected chi connectivity index (χ0v) is 13.6. The van der Waals surface area contributed by atoms with E-state index >= 15 is 0 Å². The maximum absolute atomic E-state index is 11.8. The Balaban J connectivity index is 1.90. The summed E-state index contributed by atoms with van der Waals surface area (Å²) in [5.74, 6) is 0.124. The monoisotopic (exact) mass is 326 g/mol. The van der Waals surface area contributed by atoms with E-state index in [1.165, 1.54) is 13.0 Å². The fourth-order valence-corrected chi connectivity index (χ4v) is 2.02. The smallest absolute Gasteiger partial charge is 0.349 e. The van der Waals surface area contributed by atoms with Gasteiger partial charge in [-0.25, -0.2) is 4.79 Å². The first-order chi connectivity index (χ1) is 11.5. The molecule has 0 bridgehead atoms. The lowest BCUT2D eigenvalue weighted by Gasteiger charge is -2.08. The summed E-state index contributed by atoms with van der Waals surface area (Å²) < 4.78 is 10.5. The van der Waals surface area contributed by atoms with Gasteiger partial charge in [-0.2, -0.15) is 0 Å². The van der Waals surface area contributed by atoms with E-state index in [2.05, 4.69) is 0 Å². The lowest BCUT2D eigenvalue weighted by molar-refractivity contribution is -0.136. The molecule has 0 saturated heterocycles. The predicted molar refractivity (Wildman–Crippen MR) is 88.6 cm³/mol. The highest BCUT2D eigenvalue weighted by atomic mass is 16.6. The number of carbonyl (C=O) groups excluding carboxylic acids is 3. The highest BCUT2D eigenvalue weighted by molar-refractivity contribution is 5.96. The Morgan fingerprint density at radius 3 is 2.25 bits per heavy atom. The van der Waals surface area contributed by atoms with Crippen LogP contribution in [0.3, 0.4) is 0 Å². The number of Topliss-reactive ketones (excluding diaryl/α,β-unsaturated/α-hetero) is 2. The summed E-state index contributed by atoms with van der Waals surface area (Å²) in [5, 5.41) is 0. The molecule has 0 aliphatic heterocycles. The summed E-state index contributed by atoms with van der Waals surface area (Å²) in [6.45, 7) is 2.96. The largest absolute Gasteiger partial charge is 0.482 e. The number of rotatable bonds is 7. The van der Waals surface area contributed by atoms with Crippen LogP contribution in [0.2, 0.25) is 0 Å². The van der Waals surface area contributed by atoms with Crippen LogP contribution in [0, 0.1) is 0 Å². The van der Waals surface area contributed by atoms with Crippen LogP contribution in [0.25, 0.3) is 0 Å².